The molecule has 4 nitrogen and oxygen atoms in total. The first kappa shape index (κ1) is 9.86. The third-order valence-corrected chi connectivity index (χ3v) is 2.20. The summed E-state index contributed by atoms with van der Waals surface area (Å²) in [5.41, 5.74) is 1.77. The van der Waals surface area contributed by atoms with E-state index in [1.54, 1.807) is 12.5 Å². The van der Waals surface area contributed by atoms with Gasteiger partial charge in [0.15, 0.2) is 0 Å². The molecule has 0 radical (unpaired) electrons. The van der Waals surface area contributed by atoms with Crippen LogP contribution in [0.5, 0.6) is 0 Å². The number of pyridine rings is 1. The zero-order valence-corrected chi connectivity index (χ0v) is 8.37. The van der Waals surface area contributed by atoms with Gasteiger partial charge in [0, 0.05) is 31.1 Å². The fourth-order valence-corrected chi connectivity index (χ4v) is 1.40. The van der Waals surface area contributed by atoms with Gasteiger partial charge in [0.1, 0.15) is 0 Å². The molecular weight excluding hydrogens is 190 g/mol. The topological polar surface area (TPSA) is 50.9 Å². The van der Waals surface area contributed by atoms with Crippen LogP contribution < -0.4 is 0 Å². The van der Waals surface area contributed by atoms with Crippen molar-refractivity contribution in [2.45, 2.75) is 19.6 Å². The van der Waals surface area contributed by atoms with E-state index in [2.05, 4.69) is 9.97 Å². The number of hydrogen-bond acceptors (Lipinski definition) is 3. The Kier molecular flexibility index (Phi) is 3.09. The summed E-state index contributed by atoms with van der Waals surface area (Å²) in [6.45, 7) is 0.834. The molecule has 0 aliphatic rings. The molecule has 2 aromatic rings. The maximum absolute atomic E-state index is 8.85. The third-order valence-electron chi connectivity index (χ3n) is 2.20. The van der Waals surface area contributed by atoms with E-state index in [1.165, 1.54) is 0 Å². The fraction of sp³-hybridized carbons (Fsp3) is 0.273. The molecule has 2 heterocycles. The summed E-state index contributed by atoms with van der Waals surface area (Å²) in [6.07, 6.45) is 6.25. The summed E-state index contributed by atoms with van der Waals surface area (Å²) < 4.78 is 1.96. The summed E-state index contributed by atoms with van der Waals surface area (Å²) >= 11 is 0. The van der Waals surface area contributed by atoms with Crippen molar-refractivity contribution in [2.24, 2.45) is 0 Å². The number of aliphatic hydroxyl groups is 1. The Morgan fingerprint density at radius 3 is 2.80 bits per heavy atom. The van der Waals surface area contributed by atoms with Gasteiger partial charge in [0.25, 0.3) is 0 Å². The highest BCUT2D eigenvalue weighted by Crippen LogP contribution is 2.00. The smallest absolute Gasteiger partial charge is 0.0950 e. The van der Waals surface area contributed by atoms with E-state index in [-0.39, 0.29) is 6.61 Å². The molecule has 0 fully saturated rings. The van der Waals surface area contributed by atoms with Gasteiger partial charge in [-0.15, -0.1) is 0 Å². The van der Waals surface area contributed by atoms with E-state index in [4.69, 9.17) is 5.11 Å². The normalized spacial score (nSPS) is 10.5. The minimum Gasteiger partial charge on any atom is -0.390 e. The predicted molar refractivity (Wildman–Crippen MR) is 56.1 cm³/mol. The molecule has 0 saturated carbocycles. The van der Waals surface area contributed by atoms with E-state index in [0.717, 1.165) is 18.7 Å². The van der Waals surface area contributed by atoms with Gasteiger partial charge in [-0.3, -0.25) is 4.98 Å². The van der Waals surface area contributed by atoms with E-state index in [9.17, 15) is 0 Å². The summed E-state index contributed by atoms with van der Waals surface area (Å²) in [7, 11) is 0. The Hall–Kier alpha value is -1.68. The van der Waals surface area contributed by atoms with Crippen LogP contribution in [0.4, 0.5) is 0 Å². The molecule has 0 aromatic carbocycles. The molecule has 0 bridgehead atoms. The van der Waals surface area contributed by atoms with Crippen molar-refractivity contribution in [3.05, 3.63) is 48.3 Å². The average Bonchev–Trinajstić information content (AvgIpc) is 2.76. The lowest BCUT2D eigenvalue weighted by atomic mass is 10.3. The zero-order valence-electron chi connectivity index (χ0n) is 8.37. The molecule has 0 unspecified atom stereocenters. The van der Waals surface area contributed by atoms with E-state index < -0.39 is 0 Å². The molecule has 4 heteroatoms. The molecule has 0 aliphatic heterocycles. The van der Waals surface area contributed by atoms with Crippen LogP contribution in [0.3, 0.4) is 0 Å². The van der Waals surface area contributed by atoms with Gasteiger partial charge in [-0.25, -0.2) is 4.98 Å². The summed E-state index contributed by atoms with van der Waals surface area (Å²) in [5.74, 6) is 0. The maximum Gasteiger partial charge on any atom is 0.0950 e. The highest BCUT2D eigenvalue weighted by Gasteiger charge is 1.98. The molecule has 2 rings (SSSR count). The maximum atomic E-state index is 8.85. The van der Waals surface area contributed by atoms with Crippen LogP contribution in [0.25, 0.3) is 0 Å². The van der Waals surface area contributed by atoms with Crippen molar-refractivity contribution in [3.8, 4) is 0 Å². The summed E-state index contributed by atoms with van der Waals surface area (Å²) in [5, 5.41) is 8.85. The SMILES string of the molecule is OCc1cn(CCc2ccccn2)cn1. The van der Waals surface area contributed by atoms with Gasteiger partial charge in [-0.05, 0) is 12.1 Å². The van der Waals surface area contributed by atoms with E-state index in [1.807, 2.05) is 29.0 Å². The molecule has 78 valence electrons. The quantitative estimate of drug-likeness (QED) is 0.807. The number of aliphatic hydroxyl groups excluding tert-OH is 1. The molecule has 0 aliphatic carbocycles. The molecule has 0 saturated heterocycles. The van der Waals surface area contributed by atoms with Crippen molar-refractivity contribution in [1.29, 1.82) is 0 Å². The minimum atomic E-state index is -0.00339. The van der Waals surface area contributed by atoms with Crippen molar-refractivity contribution < 1.29 is 5.11 Å². The van der Waals surface area contributed by atoms with Gasteiger partial charge in [0.05, 0.1) is 18.6 Å². The third kappa shape index (κ3) is 2.63. The average molecular weight is 203 g/mol. The second kappa shape index (κ2) is 4.70. The van der Waals surface area contributed by atoms with Crippen LogP contribution >= 0.6 is 0 Å². The Morgan fingerprint density at radius 2 is 2.13 bits per heavy atom. The highest BCUT2D eigenvalue weighted by molar-refractivity contribution is 5.04. The van der Waals surface area contributed by atoms with E-state index >= 15 is 0 Å². The number of hydrogen-bond donors (Lipinski definition) is 1. The van der Waals surface area contributed by atoms with Gasteiger partial charge >= 0.3 is 0 Å². The summed E-state index contributed by atoms with van der Waals surface area (Å²) in [4.78, 5) is 8.28. The second-order valence-electron chi connectivity index (χ2n) is 3.33. The monoisotopic (exact) mass is 203 g/mol. The molecule has 0 atom stereocenters. The zero-order chi connectivity index (χ0) is 10.5. The molecule has 0 spiro atoms. The first-order valence-electron chi connectivity index (χ1n) is 4.90. The Labute approximate surface area is 88.2 Å². The Balaban J connectivity index is 1.93. The highest BCUT2D eigenvalue weighted by atomic mass is 16.3. The fourth-order valence-electron chi connectivity index (χ4n) is 1.40. The van der Waals surface area contributed by atoms with Crippen molar-refractivity contribution in [2.75, 3.05) is 0 Å². The number of nitrogens with zero attached hydrogens (tertiary/aromatic N) is 3. The van der Waals surface area contributed by atoms with Crippen LogP contribution in [0, 0.1) is 0 Å². The van der Waals surface area contributed by atoms with E-state index in [0.29, 0.717) is 5.69 Å². The standard InChI is InChI=1S/C11H13N3O/c15-8-11-7-14(9-13-11)6-4-10-3-1-2-5-12-10/h1-3,5,7,9,15H,4,6,8H2. The van der Waals surface area contributed by atoms with Gasteiger partial charge in [0.2, 0.25) is 0 Å². The number of rotatable bonds is 4. The minimum absolute atomic E-state index is 0.00339. The Bertz CT molecular complexity index is 411. The lowest BCUT2D eigenvalue weighted by molar-refractivity contribution is 0.277. The van der Waals surface area contributed by atoms with Crippen LogP contribution in [0.1, 0.15) is 11.4 Å². The molecule has 0 amide bonds. The van der Waals surface area contributed by atoms with Crippen LogP contribution in [0.15, 0.2) is 36.9 Å². The van der Waals surface area contributed by atoms with Crippen molar-refractivity contribution in [3.63, 3.8) is 0 Å². The molecule has 1 N–H and O–H groups in total. The first-order chi connectivity index (χ1) is 7.38. The summed E-state index contributed by atoms with van der Waals surface area (Å²) in [6, 6.07) is 5.89. The molecule has 15 heavy (non-hydrogen) atoms. The lowest BCUT2D eigenvalue weighted by Gasteiger charge is -2.00. The van der Waals surface area contributed by atoms with Crippen molar-refractivity contribution >= 4 is 0 Å². The molecular formula is C11H13N3O. The number of imidazole rings is 1. The lowest BCUT2D eigenvalue weighted by Crippen LogP contribution is -1.99. The van der Waals surface area contributed by atoms with Crippen LogP contribution in [0.2, 0.25) is 0 Å². The van der Waals surface area contributed by atoms with Crippen LogP contribution in [-0.2, 0) is 19.6 Å². The molecule has 2 aromatic heterocycles. The predicted octanol–water partition coefficient (Wildman–Crippen LogP) is 1.01. The van der Waals surface area contributed by atoms with Gasteiger partial charge in [-0.2, -0.15) is 0 Å². The Morgan fingerprint density at radius 1 is 1.20 bits per heavy atom. The van der Waals surface area contributed by atoms with Crippen molar-refractivity contribution in [1.82, 2.24) is 14.5 Å². The number of aryl methyl sites for hydroxylation is 2. The van der Waals surface area contributed by atoms with Gasteiger partial charge in [-0.1, -0.05) is 6.07 Å². The second-order valence-corrected chi connectivity index (χ2v) is 3.33. The largest absolute Gasteiger partial charge is 0.390 e. The first-order valence-corrected chi connectivity index (χ1v) is 4.90. The van der Waals surface area contributed by atoms with Gasteiger partial charge < -0.3 is 9.67 Å². The van der Waals surface area contributed by atoms with Crippen LogP contribution in [-0.4, -0.2) is 19.6 Å². The number of aromatic nitrogens is 3.